The zero-order valence-electron chi connectivity index (χ0n) is 10.5. The maximum atomic E-state index is 11.1. The van der Waals surface area contributed by atoms with Gasteiger partial charge in [-0.15, -0.1) is 0 Å². The molecule has 1 fully saturated rings. The number of hydrogen-bond donors (Lipinski definition) is 2. The standard InChI is InChI=1S/C14H20N2O2/c15-8-12-5-2-6-13(12)18-9-10-3-1-4-11(7-10)14(16)17/h1,3-4,7,12-13H,2,5-6,8-9,15H2,(H2,16,17). The van der Waals surface area contributed by atoms with Crippen LogP contribution in [-0.2, 0) is 11.3 Å². The van der Waals surface area contributed by atoms with Crippen LogP contribution >= 0.6 is 0 Å². The van der Waals surface area contributed by atoms with Crippen molar-refractivity contribution < 1.29 is 9.53 Å². The van der Waals surface area contributed by atoms with Gasteiger partial charge < -0.3 is 16.2 Å². The van der Waals surface area contributed by atoms with E-state index in [1.54, 1.807) is 12.1 Å². The number of rotatable bonds is 5. The summed E-state index contributed by atoms with van der Waals surface area (Å²) in [5, 5.41) is 0. The molecule has 2 unspecified atom stereocenters. The third-order valence-corrected chi connectivity index (χ3v) is 3.57. The SMILES string of the molecule is NCC1CCCC1OCc1cccc(C(N)=O)c1. The zero-order valence-corrected chi connectivity index (χ0v) is 10.5. The van der Waals surface area contributed by atoms with E-state index in [9.17, 15) is 4.79 Å². The molecule has 1 aromatic rings. The average Bonchev–Trinajstić information content (AvgIpc) is 2.84. The Morgan fingerprint density at radius 2 is 2.22 bits per heavy atom. The van der Waals surface area contributed by atoms with E-state index in [-0.39, 0.29) is 6.10 Å². The Balaban J connectivity index is 1.93. The normalized spacial score (nSPS) is 23.2. The second kappa shape index (κ2) is 5.98. The summed E-state index contributed by atoms with van der Waals surface area (Å²) in [4.78, 5) is 11.1. The summed E-state index contributed by atoms with van der Waals surface area (Å²) in [6.07, 6.45) is 3.68. The molecule has 0 saturated heterocycles. The molecular formula is C14H20N2O2. The number of carbonyl (C=O) groups is 1. The van der Waals surface area contributed by atoms with Gasteiger partial charge in [0, 0.05) is 5.56 Å². The van der Waals surface area contributed by atoms with Gasteiger partial charge >= 0.3 is 0 Å². The van der Waals surface area contributed by atoms with Crippen molar-refractivity contribution in [2.24, 2.45) is 17.4 Å². The van der Waals surface area contributed by atoms with Crippen LogP contribution < -0.4 is 11.5 Å². The van der Waals surface area contributed by atoms with E-state index in [1.807, 2.05) is 12.1 Å². The molecule has 0 aliphatic heterocycles. The number of ether oxygens (including phenoxy) is 1. The Bertz CT molecular complexity index is 420. The van der Waals surface area contributed by atoms with Gasteiger partial charge in [0.15, 0.2) is 0 Å². The first-order valence-electron chi connectivity index (χ1n) is 6.41. The van der Waals surface area contributed by atoms with Crippen LogP contribution in [0.25, 0.3) is 0 Å². The summed E-state index contributed by atoms with van der Waals surface area (Å²) in [6.45, 7) is 1.20. The van der Waals surface area contributed by atoms with Crippen molar-refractivity contribution in [2.45, 2.75) is 32.0 Å². The van der Waals surface area contributed by atoms with Gasteiger partial charge in [-0.05, 0) is 43.0 Å². The first kappa shape index (κ1) is 13.1. The second-order valence-corrected chi connectivity index (χ2v) is 4.84. The van der Waals surface area contributed by atoms with Crippen LogP contribution in [-0.4, -0.2) is 18.6 Å². The number of nitrogens with two attached hydrogens (primary N) is 2. The summed E-state index contributed by atoms with van der Waals surface area (Å²) in [7, 11) is 0. The minimum absolute atomic E-state index is 0.257. The van der Waals surface area contributed by atoms with E-state index in [1.165, 1.54) is 6.42 Å². The molecule has 2 atom stereocenters. The zero-order chi connectivity index (χ0) is 13.0. The highest BCUT2D eigenvalue weighted by atomic mass is 16.5. The minimum atomic E-state index is -0.405. The molecule has 0 aromatic heterocycles. The lowest BCUT2D eigenvalue weighted by Crippen LogP contribution is -2.25. The summed E-state index contributed by atoms with van der Waals surface area (Å²) < 4.78 is 5.90. The molecule has 0 spiro atoms. The number of amides is 1. The van der Waals surface area contributed by atoms with E-state index in [4.69, 9.17) is 16.2 Å². The lowest BCUT2D eigenvalue weighted by atomic mass is 10.1. The highest BCUT2D eigenvalue weighted by molar-refractivity contribution is 5.92. The van der Waals surface area contributed by atoms with Crippen molar-refractivity contribution in [3.8, 4) is 0 Å². The fourth-order valence-corrected chi connectivity index (χ4v) is 2.51. The molecule has 98 valence electrons. The number of benzene rings is 1. The molecule has 2 rings (SSSR count). The third-order valence-electron chi connectivity index (χ3n) is 3.57. The monoisotopic (exact) mass is 248 g/mol. The predicted molar refractivity (Wildman–Crippen MR) is 69.9 cm³/mol. The Morgan fingerprint density at radius 1 is 1.39 bits per heavy atom. The van der Waals surface area contributed by atoms with Gasteiger partial charge in [-0.2, -0.15) is 0 Å². The summed E-state index contributed by atoms with van der Waals surface area (Å²) in [6, 6.07) is 7.27. The van der Waals surface area contributed by atoms with Gasteiger partial charge in [-0.25, -0.2) is 0 Å². The van der Waals surface area contributed by atoms with E-state index in [0.29, 0.717) is 24.6 Å². The molecule has 0 heterocycles. The van der Waals surface area contributed by atoms with Crippen LogP contribution in [0.15, 0.2) is 24.3 Å². The van der Waals surface area contributed by atoms with Crippen molar-refractivity contribution >= 4 is 5.91 Å². The van der Waals surface area contributed by atoms with E-state index < -0.39 is 5.91 Å². The number of hydrogen-bond acceptors (Lipinski definition) is 3. The van der Waals surface area contributed by atoms with Crippen LogP contribution in [0.2, 0.25) is 0 Å². The van der Waals surface area contributed by atoms with E-state index >= 15 is 0 Å². The van der Waals surface area contributed by atoms with Gasteiger partial charge in [0.1, 0.15) is 0 Å². The van der Waals surface area contributed by atoms with Crippen LogP contribution in [0, 0.1) is 5.92 Å². The minimum Gasteiger partial charge on any atom is -0.373 e. The lowest BCUT2D eigenvalue weighted by molar-refractivity contribution is 0.0182. The van der Waals surface area contributed by atoms with Crippen molar-refractivity contribution in [2.75, 3.05) is 6.54 Å². The average molecular weight is 248 g/mol. The molecule has 1 aliphatic rings. The van der Waals surface area contributed by atoms with E-state index in [2.05, 4.69) is 0 Å². The molecule has 1 amide bonds. The lowest BCUT2D eigenvalue weighted by Gasteiger charge is -2.18. The largest absolute Gasteiger partial charge is 0.373 e. The van der Waals surface area contributed by atoms with Crippen LogP contribution in [0.1, 0.15) is 35.2 Å². The van der Waals surface area contributed by atoms with Gasteiger partial charge in [0.2, 0.25) is 5.91 Å². The molecule has 1 saturated carbocycles. The maximum absolute atomic E-state index is 11.1. The molecular weight excluding hydrogens is 228 g/mol. The Kier molecular flexibility index (Phi) is 4.33. The molecule has 18 heavy (non-hydrogen) atoms. The maximum Gasteiger partial charge on any atom is 0.248 e. The molecule has 1 aliphatic carbocycles. The van der Waals surface area contributed by atoms with Crippen LogP contribution in [0.4, 0.5) is 0 Å². The van der Waals surface area contributed by atoms with Gasteiger partial charge in [0.05, 0.1) is 12.7 Å². The predicted octanol–water partition coefficient (Wildman–Crippen LogP) is 1.43. The first-order valence-corrected chi connectivity index (χ1v) is 6.41. The first-order chi connectivity index (χ1) is 8.70. The van der Waals surface area contributed by atoms with Crippen LogP contribution in [0.3, 0.4) is 0 Å². The topological polar surface area (TPSA) is 78.3 Å². The number of carbonyl (C=O) groups excluding carboxylic acids is 1. The fourth-order valence-electron chi connectivity index (χ4n) is 2.51. The highest BCUT2D eigenvalue weighted by Crippen LogP contribution is 2.28. The molecule has 1 aromatic carbocycles. The summed E-state index contributed by atoms with van der Waals surface area (Å²) in [5.41, 5.74) is 12.5. The molecule has 4 nitrogen and oxygen atoms in total. The fraction of sp³-hybridized carbons (Fsp3) is 0.500. The summed E-state index contributed by atoms with van der Waals surface area (Å²) in [5.74, 6) is 0.0712. The smallest absolute Gasteiger partial charge is 0.248 e. The van der Waals surface area contributed by atoms with Crippen molar-refractivity contribution in [3.63, 3.8) is 0 Å². The van der Waals surface area contributed by atoms with Crippen molar-refractivity contribution in [1.82, 2.24) is 0 Å². The molecule has 4 heteroatoms. The van der Waals surface area contributed by atoms with Gasteiger partial charge in [-0.1, -0.05) is 18.6 Å². The van der Waals surface area contributed by atoms with Gasteiger partial charge in [-0.3, -0.25) is 4.79 Å². The van der Waals surface area contributed by atoms with Crippen molar-refractivity contribution in [1.29, 1.82) is 0 Å². The number of primary amides is 1. The highest BCUT2D eigenvalue weighted by Gasteiger charge is 2.26. The van der Waals surface area contributed by atoms with Crippen molar-refractivity contribution in [3.05, 3.63) is 35.4 Å². The van der Waals surface area contributed by atoms with E-state index in [0.717, 1.165) is 18.4 Å². The Labute approximate surface area is 107 Å². The second-order valence-electron chi connectivity index (χ2n) is 4.84. The molecule has 4 N–H and O–H groups in total. The van der Waals surface area contributed by atoms with Crippen LogP contribution in [0.5, 0.6) is 0 Å². The quantitative estimate of drug-likeness (QED) is 0.827. The third kappa shape index (κ3) is 3.09. The summed E-state index contributed by atoms with van der Waals surface area (Å²) >= 11 is 0. The Morgan fingerprint density at radius 3 is 2.94 bits per heavy atom. The Hall–Kier alpha value is -1.39. The van der Waals surface area contributed by atoms with Gasteiger partial charge in [0.25, 0.3) is 0 Å². The molecule has 0 bridgehead atoms. The molecule has 0 radical (unpaired) electrons.